The zero-order chi connectivity index (χ0) is 10.6. The van der Waals surface area contributed by atoms with Crippen molar-refractivity contribution >= 4 is 11.5 Å². The normalized spacial score (nSPS) is 11.1. The average Bonchev–Trinajstić information content (AvgIpc) is 2.01. The Hall–Kier alpha value is -1.77. The van der Waals surface area contributed by atoms with Gasteiger partial charge in [-0.3, -0.25) is 4.79 Å². The van der Waals surface area contributed by atoms with Crippen LogP contribution in [0.2, 0.25) is 0 Å². The van der Waals surface area contributed by atoms with Gasteiger partial charge in [0.2, 0.25) is 0 Å². The molecule has 0 fully saturated rings. The fourth-order valence-corrected chi connectivity index (χ4v) is 1.15. The van der Waals surface area contributed by atoms with Gasteiger partial charge in [0.25, 0.3) is 0 Å². The van der Waals surface area contributed by atoms with Gasteiger partial charge in [-0.25, -0.2) is 0 Å². The zero-order valence-electron chi connectivity index (χ0n) is 8.24. The van der Waals surface area contributed by atoms with Gasteiger partial charge in [0.05, 0.1) is 0 Å². The summed E-state index contributed by atoms with van der Waals surface area (Å²) in [6, 6.07) is 6.74. The van der Waals surface area contributed by atoms with Crippen molar-refractivity contribution in [2.75, 3.05) is 5.32 Å². The molecule has 74 valence electrons. The Morgan fingerprint density at radius 3 is 2.71 bits per heavy atom. The molecule has 1 aromatic carbocycles. The largest absolute Gasteiger partial charge is 0.508 e. The monoisotopic (exact) mass is 191 g/mol. The first-order valence-electron chi connectivity index (χ1n) is 4.33. The van der Waals surface area contributed by atoms with Crippen LogP contribution in [0.3, 0.4) is 0 Å². The molecule has 3 nitrogen and oxygen atoms in total. The Morgan fingerprint density at radius 1 is 1.43 bits per heavy atom. The Balaban J connectivity index is 2.74. The lowest BCUT2D eigenvalue weighted by atomic mass is 10.2. The highest BCUT2D eigenvalue weighted by atomic mass is 16.3. The highest BCUT2D eigenvalue weighted by Gasteiger charge is 1.95. The van der Waals surface area contributed by atoms with Gasteiger partial charge in [-0.1, -0.05) is 6.07 Å². The number of rotatable bonds is 3. The maximum Gasteiger partial charge on any atom is 0.154 e. The Kier molecular flexibility index (Phi) is 3.29. The third-order valence-corrected chi connectivity index (χ3v) is 1.61. The summed E-state index contributed by atoms with van der Waals surface area (Å²) in [5.74, 6) is 0.195. The maximum atomic E-state index is 10.7. The van der Waals surface area contributed by atoms with E-state index in [1.165, 1.54) is 13.0 Å². The first kappa shape index (κ1) is 10.3. The molecule has 0 amide bonds. The predicted octanol–water partition coefficient (Wildman–Crippen LogP) is 2.30. The number of aromatic hydroxyl groups is 1. The smallest absolute Gasteiger partial charge is 0.154 e. The first-order chi connectivity index (χ1) is 6.58. The molecule has 0 heterocycles. The summed E-state index contributed by atoms with van der Waals surface area (Å²) in [5, 5.41) is 12.2. The van der Waals surface area contributed by atoms with Crippen LogP contribution in [0.15, 0.2) is 36.0 Å². The number of carbonyl (C=O) groups excluding carboxylic acids is 1. The molecule has 0 aliphatic carbocycles. The molecular formula is C11H13NO2. The lowest BCUT2D eigenvalue weighted by molar-refractivity contribution is -0.112. The molecule has 14 heavy (non-hydrogen) atoms. The molecule has 0 aliphatic rings. The molecule has 0 bridgehead atoms. The van der Waals surface area contributed by atoms with E-state index < -0.39 is 0 Å². The molecule has 0 aromatic heterocycles. The van der Waals surface area contributed by atoms with Gasteiger partial charge in [0.1, 0.15) is 5.75 Å². The van der Waals surface area contributed by atoms with Crippen LogP contribution >= 0.6 is 0 Å². The molecule has 3 heteroatoms. The van der Waals surface area contributed by atoms with Crippen molar-refractivity contribution in [1.82, 2.24) is 0 Å². The van der Waals surface area contributed by atoms with Crippen LogP contribution in [-0.4, -0.2) is 10.9 Å². The molecule has 0 saturated carbocycles. The minimum absolute atomic E-state index is 0.00449. The average molecular weight is 191 g/mol. The molecule has 0 spiro atoms. The number of phenolic OH excluding ortho intramolecular Hbond substituents is 1. The number of phenols is 1. The highest BCUT2D eigenvalue weighted by Crippen LogP contribution is 2.16. The molecule has 1 aromatic rings. The van der Waals surface area contributed by atoms with E-state index >= 15 is 0 Å². The third-order valence-electron chi connectivity index (χ3n) is 1.61. The minimum atomic E-state index is -0.00449. The van der Waals surface area contributed by atoms with Crippen molar-refractivity contribution in [2.24, 2.45) is 0 Å². The number of carbonyl (C=O) groups is 1. The van der Waals surface area contributed by atoms with E-state index in [0.717, 1.165) is 11.4 Å². The minimum Gasteiger partial charge on any atom is -0.508 e. The predicted molar refractivity (Wildman–Crippen MR) is 56.2 cm³/mol. The third kappa shape index (κ3) is 3.31. The summed E-state index contributed by atoms with van der Waals surface area (Å²) in [6.07, 6.45) is 1.50. The van der Waals surface area contributed by atoms with Crippen LogP contribution in [0.4, 0.5) is 5.69 Å². The molecular weight excluding hydrogens is 178 g/mol. The van der Waals surface area contributed by atoms with E-state index in [2.05, 4.69) is 5.32 Å². The lowest BCUT2D eigenvalue weighted by Crippen LogP contribution is -1.97. The quantitative estimate of drug-likeness (QED) is 0.721. The molecule has 0 unspecified atom stereocenters. The van der Waals surface area contributed by atoms with Gasteiger partial charge in [0, 0.05) is 17.5 Å². The lowest BCUT2D eigenvalue weighted by Gasteiger charge is -2.05. The highest BCUT2D eigenvalue weighted by molar-refractivity contribution is 5.88. The van der Waals surface area contributed by atoms with Crippen molar-refractivity contribution in [3.05, 3.63) is 36.0 Å². The number of ketones is 1. The topological polar surface area (TPSA) is 49.3 Å². The SMILES string of the molecule is CC(=O)/C=C(/C)Nc1cccc(O)c1. The fourth-order valence-electron chi connectivity index (χ4n) is 1.15. The van der Waals surface area contributed by atoms with Gasteiger partial charge < -0.3 is 10.4 Å². The Morgan fingerprint density at radius 2 is 2.14 bits per heavy atom. The van der Waals surface area contributed by atoms with Crippen LogP contribution in [0.25, 0.3) is 0 Å². The summed E-state index contributed by atoms with van der Waals surface area (Å²) in [4.78, 5) is 10.7. The van der Waals surface area contributed by atoms with Crippen molar-refractivity contribution in [1.29, 1.82) is 0 Å². The number of hydrogen-bond donors (Lipinski definition) is 2. The van der Waals surface area contributed by atoms with E-state index in [1.807, 2.05) is 6.07 Å². The summed E-state index contributed by atoms with van der Waals surface area (Å²) < 4.78 is 0. The van der Waals surface area contributed by atoms with Crippen LogP contribution in [0.1, 0.15) is 13.8 Å². The van der Waals surface area contributed by atoms with E-state index in [4.69, 9.17) is 0 Å². The van der Waals surface area contributed by atoms with Gasteiger partial charge in [-0.2, -0.15) is 0 Å². The van der Waals surface area contributed by atoms with E-state index in [0.29, 0.717) is 0 Å². The van der Waals surface area contributed by atoms with Gasteiger partial charge in [-0.15, -0.1) is 0 Å². The zero-order valence-corrected chi connectivity index (χ0v) is 8.24. The van der Waals surface area contributed by atoms with E-state index in [-0.39, 0.29) is 11.5 Å². The summed E-state index contributed by atoms with van der Waals surface area (Å²) in [6.45, 7) is 3.29. The van der Waals surface area contributed by atoms with Crippen LogP contribution in [0, 0.1) is 0 Å². The van der Waals surface area contributed by atoms with Crippen molar-refractivity contribution in [2.45, 2.75) is 13.8 Å². The molecule has 0 aliphatic heterocycles. The molecule has 2 N–H and O–H groups in total. The Bertz CT molecular complexity index is 369. The van der Waals surface area contributed by atoms with Gasteiger partial charge in [0.15, 0.2) is 5.78 Å². The standard InChI is InChI=1S/C11H13NO2/c1-8(6-9(2)13)12-10-4-3-5-11(14)7-10/h3-7,12,14H,1-2H3/b8-6-. The van der Waals surface area contributed by atoms with Crippen molar-refractivity contribution < 1.29 is 9.90 Å². The second-order valence-electron chi connectivity index (χ2n) is 3.11. The summed E-state index contributed by atoms with van der Waals surface area (Å²) >= 11 is 0. The van der Waals surface area contributed by atoms with Crippen molar-refractivity contribution in [3.8, 4) is 5.75 Å². The van der Waals surface area contributed by atoms with Crippen molar-refractivity contribution in [3.63, 3.8) is 0 Å². The number of nitrogens with one attached hydrogen (secondary N) is 1. The van der Waals surface area contributed by atoms with Gasteiger partial charge >= 0.3 is 0 Å². The summed E-state index contributed by atoms with van der Waals surface area (Å²) in [5.41, 5.74) is 1.52. The number of benzene rings is 1. The van der Waals surface area contributed by atoms with E-state index in [1.54, 1.807) is 25.1 Å². The second kappa shape index (κ2) is 4.46. The van der Waals surface area contributed by atoms with Crippen LogP contribution in [-0.2, 0) is 4.79 Å². The number of anilines is 1. The second-order valence-corrected chi connectivity index (χ2v) is 3.11. The molecule has 0 atom stereocenters. The molecule has 1 rings (SSSR count). The molecule has 0 saturated heterocycles. The maximum absolute atomic E-state index is 10.7. The Labute approximate surface area is 83.1 Å². The fraction of sp³-hybridized carbons (Fsp3) is 0.182. The molecule has 0 radical (unpaired) electrons. The van der Waals surface area contributed by atoms with Crippen LogP contribution in [0.5, 0.6) is 5.75 Å². The van der Waals surface area contributed by atoms with E-state index in [9.17, 15) is 9.90 Å². The van der Waals surface area contributed by atoms with Crippen LogP contribution < -0.4 is 5.32 Å². The van der Waals surface area contributed by atoms with Gasteiger partial charge in [-0.05, 0) is 32.1 Å². The summed E-state index contributed by atoms with van der Waals surface area (Å²) in [7, 11) is 0. The number of hydrogen-bond acceptors (Lipinski definition) is 3. The number of allylic oxidation sites excluding steroid dienone is 2. The first-order valence-corrected chi connectivity index (χ1v) is 4.33.